The van der Waals surface area contributed by atoms with Gasteiger partial charge in [0.2, 0.25) is 0 Å². The Kier molecular flexibility index (Phi) is 1.45. The standard InChI is InChI=1S/C10H16O2/c1-7(11)8-6-9(2)4-5-10(8,3)12-9/h8H,4-6H2,1-3H3. The molecule has 0 aromatic rings. The molecule has 2 saturated heterocycles. The van der Waals surface area contributed by atoms with Gasteiger partial charge >= 0.3 is 0 Å². The predicted octanol–water partition coefficient (Wildman–Crippen LogP) is 1.92. The van der Waals surface area contributed by atoms with Crippen molar-refractivity contribution in [3.05, 3.63) is 0 Å². The smallest absolute Gasteiger partial charge is 0.135 e. The fraction of sp³-hybridized carbons (Fsp3) is 0.900. The molecular weight excluding hydrogens is 152 g/mol. The number of fused-ring (bicyclic) bond motifs is 2. The summed E-state index contributed by atoms with van der Waals surface area (Å²) in [6.45, 7) is 5.89. The van der Waals surface area contributed by atoms with Crippen LogP contribution in [-0.2, 0) is 9.53 Å². The SMILES string of the molecule is CC(=O)C1CC2(C)CCC1(C)O2. The number of hydrogen-bond donors (Lipinski definition) is 0. The molecule has 0 aliphatic carbocycles. The normalized spacial score (nSPS) is 51.4. The van der Waals surface area contributed by atoms with Crippen molar-refractivity contribution in [3.63, 3.8) is 0 Å². The summed E-state index contributed by atoms with van der Waals surface area (Å²) in [6.07, 6.45) is 3.10. The molecule has 0 aromatic carbocycles. The van der Waals surface area contributed by atoms with Crippen molar-refractivity contribution in [1.29, 1.82) is 0 Å². The minimum Gasteiger partial charge on any atom is -0.368 e. The molecule has 2 aliphatic heterocycles. The highest BCUT2D eigenvalue weighted by Crippen LogP contribution is 2.53. The highest BCUT2D eigenvalue weighted by molar-refractivity contribution is 5.80. The van der Waals surface area contributed by atoms with E-state index in [0.717, 1.165) is 19.3 Å². The lowest BCUT2D eigenvalue weighted by molar-refractivity contribution is -0.125. The van der Waals surface area contributed by atoms with Crippen LogP contribution in [0.4, 0.5) is 0 Å². The minimum atomic E-state index is -0.138. The van der Waals surface area contributed by atoms with Crippen LogP contribution in [-0.4, -0.2) is 17.0 Å². The number of rotatable bonds is 1. The number of carbonyl (C=O) groups excluding carboxylic acids is 1. The summed E-state index contributed by atoms with van der Waals surface area (Å²) in [5, 5.41) is 0. The largest absolute Gasteiger partial charge is 0.368 e. The zero-order chi connectivity index (χ0) is 8.98. The van der Waals surface area contributed by atoms with Crippen molar-refractivity contribution < 1.29 is 9.53 Å². The van der Waals surface area contributed by atoms with E-state index in [-0.39, 0.29) is 17.1 Å². The second-order valence-electron chi connectivity index (χ2n) is 4.73. The average Bonchev–Trinajstić information content (AvgIpc) is 2.36. The monoisotopic (exact) mass is 168 g/mol. The lowest BCUT2D eigenvalue weighted by Crippen LogP contribution is -2.34. The molecule has 3 atom stereocenters. The van der Waals surface area contributed by atoms with Gasteiger partial charge in [0.05, 0.1) is 11.2 Å². The van der Waals surface area contributed by atoms with Gasteiger partial charge in [-0.15, -0.1) is 0 Å². The molecule has 2 heterocycles. The zero-order valence-corrected chi connectivity index (χ0v) is 8.02. The first kappa shape index (κ1) is 8.24. The molecule has 2 nitrogen and oxygen atoms in total. The molecule has 2 fully saturated rings. The fourth-order valence-electron chi connectivity index (χ4n) is 2.79. The van der Waals surface area contributed by atoms with Crippen molar-refractivity contribution in [3.8, 4) is 0 Å². The summed E-state index contributed by atoms with van der Waals surface area (Å²) in [5.41, 5.74) is -0.133. The first-order chi connectivity index (χ1) is 5.45. The van der Waals surface area contributed by atoms with E-state index in [0.29, 0.717) is 5.78 Å². The van der Waals surface area contributed by atoms with Crippen LogP contribution >= 0.6 is 0 Å². The highest BCUT2D eigenvalue weighted by atomic mass is 16.5. The third-order valence-electron chi connectivity index (χ3n) is 3.49. The molecule has 0 amide bonds. The predicted molar refractivity (Wildman–Crippen MR) is 45.9 cm³/mol. The molecule has 3 unspecified atom stereocenters. The van der Waals surface area contributed by atoms with Crippen LogP contribution in [0.2, 0.25) is 0 Å². The zero-order valence-electron chi connectivity index (χ0n) is 8.02. The van der Waals surface area contributed by atoms with Crippen molar-refractivity contribution in [2.45, 2.75) is 51.2 Å². The lowest BCUT2D eigenvalue weighted by Gasteiger charge is -2.26. The molecule has 0 aromatic heterocycles. The van der Waals surface area contributed by atoms with Gasteiger partial charge < -0.3 is 4.74 Å². The van der Waals surface area contributed by atoms with Crippen LogP contribution in [0.15, 0.2) is 0 Å². The Hall–Kier alpha value is -0.370. The Bertz CT molecular complexity index is 236. The fourth-order valence-corrected chi connectivity index (χ4v) is 2.79. The van der Waals surface area contributed by atoms with Gasteiger partial charge in [-0.3, -0.25) is 4.79 Å². The first-order valence-corrected chi connectivity index (χ1v) is 4.66. The second-order valence-corrected chi connectivity index (χ2v) is 4.73. The summed E-state index contributed by atoms with van der Waals surface area (Å²) in [5.74, 6) is 0.442. The number of carbonyl (C=O) groups is 1. The van der Waals surface area contributed by atoms with Crippen molar-refractivity contribution >= 4 is 5.78 Å². The van der Waals surface area contributed by atoms with E-state index < -0.39 is 0 Å². The number of ketones is 1. The molecule has 0 spiro atoms. The van der Waals surface area contributed by atoms with Gasteiger partial charge in [-0.05, 0) is 40.0 Å². The number of Topliss-reactive ketones (excluding diaryl/α,β-unsaturated/α-hetero) is 1. The maximum Gasteiger partial charge on any atom is 0.135 e. The van der Waals surface area contributed by atoms with Gasteiger partial charge in [-0.2, -0.15) is 0 Å². The van der Waals surface area contributed by atoms with Crippen molar-refractivity contribution in [2.24, 2.45) is 5.92 Å². The third-order valence-corrected chi connectivity index (χ3v) is 3.49. The molecule has 0 radical (unpaired) electrons. The summed E-state index contributed by atoms with van der Waals surface area (Å²) in [6, 6.07) is 0. The van der Waals surface area contributed by atoms with E-state index in [1.54, 1.807) is 6.92 Å². The molecule has 2 heteroatoms. The van der Waals surface area contributed by atoms with Gasteiger partial charge in [-0.25, -0.2) is 0 Å². The molecule has 12 heavy (non-hydrogen) atoms. The van der Waals surface area contributed by atoms with E-state index in [4.69, 9.17) is 4.74 Å². The number of ether oxygens (including phenoxy) is 1. The Morgan fingerprint density at radius 2 is 2.08 bits per heavy atom. The van der Waals surface area contributed by atoms with Gasteiger partial charge in [0.25, 0.3) is 0 Å². The Morgan fingerprint density at radius 1 is 1.42 bits per heavy atom. The van der Waals surface area contributed by atoms with Crippen LogP contribution in [0, 0.1) is 5.92 Å². The molecule has 2 bridgehead atoms. The van der Waals surface area contributed by atoms with Gasteiger partial charge in [-0.1, -0.05) is 0 Å². The highest BCUT2D eigenvalue weighted by Gasteiger charge is 2.57. The summed E-state index contributed by atoms with van der Waals surface area (Å²) in [7, 11) is 0. The van der Waals surface area contributed by atoms with Crippen LogP contribution < -0.4 is 0 Å². The second kappa shape index (κ2) is 2.11. The van der Waals surface area contributed by atoms with Crippen LogP contribution in [0.3, 0.4) is 0 Å². The lowest BCUT2D eigenvalue weighted by atomic mass is 9.74. The topological polar surface area (TPSA) is 26.3 Å². The van der Waals surface area contributed by atoms with E-state index in [1.807, 2.05) is 0 Å². The quantitative estimate of drug-likeness (QED) is 0.598. The summed E-state index contributed by atoms with van der Waals surface area (Å²) >= 11 is 0. The van der Waals surface area contributed by atoms with Crippen LogP contribution in [0.5, 0.6) is 0 Å². The van der Waals surface area contributed by atoms with Crippen molar-refractivity contribution in [2.75, 3.05) is 0 Å². The molecule has 0 saturated carbocycles. The molecule has 68 valence electrons. The Balaban J connectivity index is 2.28. The van der Waals surface area contributed by atoms with E-state index in [1.165, 1.54) is 0 Å². The third kappa shape index (κ3) is 0.939. The minimum absolute atomic E-state index is 0.00505. The maximum atomic E-state index is 11.3. The molecule has 0 N–H and O–H groups in total. The number of hydrogen-bond acceptors (Lipinski definition) is 2. The first-order valence-electron chi connectivity index (χ1n) is 4.66. The van der Waals surface area contributed by atoms with Crippen LogP contribution in [0.25, 0.3) is 0 Å². The van der Waals surface area contributed by atoms with Gasteiger partial charge in [0.15, 0.2) is 0 Å². The van der Waals surface area contributed by atoms with E-state index >= 15 is 0 Å². The maximum absolute atomic E-state index is 11.3. The van der Waals surface area contributed by atoms with Gasteiger partial charge in [0.1, 0.15) is 5.78 Å². The van der Waals surface area contributed by atoms with Crippen molar-refractivity contribution in [1.82, 2.24) is 0 Å². The van der Waals surface area contributed by atoms with E-state index in [2.05, 4.69) is 13.8 Å². The Labute approximate surface area is 73.3 Å². The summed E-state index contributed by atoms with van der Waals surface area (Å²) in [4.78, 5) is 11.3. The molecule has 2 aliphatic rings. The molecular formula is C10H16O2. The van der Waals surface area contributed by atoms with Gasteiger partial charge in [0, 0.05) is 5.92 Å². The van der Waals surface area contributed by atoms with Crippen LogP contribution in [0.1, 0.15) is 40.0 Å². The summed E-state index contributed by atoms with van der Waals surface area (Å²) < 4.78 is 5.90. The average molecular weight is 168 g/mol. The molecule has 2 rings (SSSR count). The van der Waals surface area contributed by atoms with E-state index in [9.17, 15) is 4.79 Å². The Morgan fingerprint density at radius 3 is 2.33 bits per heavy atom.